The van der Waals surface area contributed by atoms with Crippen molar-refractivity contribution >= 4 is 57.2 Å². The lowest BCUT2D eigenvalue weighted by Gasteiger charge is -2.15. The summed E-state index contributed by atoms with van der Waals surface area (Å²) in [6.07, 6.45) is 4.73. The fraction of sp³-hybridized carbons (Fsp3) is 0.207. The number of nitrogens with zero attached hydrogens (tertiary/aromatic N) is 2. The maximum Gasteiger partial charge on any atom is 0.125 e. The molecule has 2 aromatic carbocycles. The Hall–Kier alpha value is -2.30. The lowest BCUT2D eigenvalue weighted by atomic mass is 9.92. The average Bonchev–Trinajstić information content (AvgIpc) is 3.36. The van der Waals surface area contributed by atoms with Gasteiger partial charge < -0.3 is 4.57 Å². The van der Waals surface area contributed by atoms with Gasteiger partial charge in [-0.15, -0.1) is 23.7 Å². The van der Waals surface area contributed by atoms with E-state index in [4.69, 9.17) is 28.2 Å². The molecule has 1 aliphatic carbocycles. The van der Waals surface area contributed by atoms with Crippen molar-refractivity contribution in [3.05, 3.63) is 92.5 Å². The molecule has 0 bridgehead atoms. The van der Waals surface area contributed by atoms with Crippen molar-refractivity contribution in [1.29, 1.82) is 0 Å². The normalized spacial score (nSPS) is 13.0. The van der Waals surface area contributed by atoms with Crippen LogP contribution in [0.4, 0.5) is 0 Å². The van der Waals surface area contributed by atoms with E-state index in [0.29, 0.717) is 0 Å². The quantitative estimate of drug-likeness (QED) is 0.223. The van der Waals surface area contributed by atoms with Crippen LogP contribution in [0.1, 0.15) is 34.7 Å². The van der Waals surface area contributed by atoms with E-state index < -0.39 is 0 Å². The van der Waals surface area contributed by atoms with Crippen LogP contribution in [0.2, 0.25) is 10.0 Å². The highest BCUT2D eigenvalue weighted by atomic mass is 35.5. The number of hydrogen-bond acceptors (Lipinski definition) is 2. The minimum atomic E-state index is 0. The van der Waals surface area contributed by atoms with Gasteiger partial charge in [-0.05, 0) is 81.0 Å². The molecule has 35 heavy (non-hydrogen) atoms. The zero-order valence-corrected chi connectivity index (χ0v) is 22.7. The second-order valence-electron chi connectivity index (χ2n) is 9.00. The van der Waals surface area contributed by atoms with E-state index in [1.807, 2.05) is 35.6 Å². The average molecular weight is 540 g/mol. The third-order valence-corrected chi connectivity index (χ3v) is 8.68. The molecule has 6 rings (SSSR count). The predicted octanol–water partition coefficient (Wildman–Crippen LogP) is 9.65. The van der Waals surface area contributed by atoms with E-state index >= 15 is 0 Å². The smallest absolute Gasteiger partial charge is 0.125 e. The van der Waals surface area contributed by atoms with Gasteiger partial charge in [0, 0.05) is 43.5 Å². The number of halogens is 3. The van der Waals surface area contributed by atoms with Gasteiger partial charge in [-0.3, -0.25) is 0 Å². The summed E-state index contributed by atoms with van der Waals surface area (Å²) in [5, 5.41) is 2.73. The number of pyridine rings is 1. The maximum absolute atomic E-state index is 7.27. The number of aromatic nitrogens is 2. The Morgan fingerprint density at radius 3 is 2.37 bits per heavy atom. The van der Waals surface area contributed by atoms with Crippen molar-refractivity contribution in [2.45, 2.75) is 39.5 Å². The Kier molecular flexibility index (Phi) is 6.71. The minimum absolute atomic E-state index is 0. The van der Waals surface area contributed by atoms with Crippen molar-refractivity contribution in [2.75, 3.05) is 0 Å². The van der Waals surface area contributed by atoms with Crippen LogP contribution in [0.15, 0.2) is 60.7 Å². The van der Waals surface area contributed by atoms with Gasteiger partial charge in [0.05, 0.1) is 10.7 Å². The van der Waals surface area contributed by atoms with Crippen molar-refractivity contribution in [3.8, 4) is 28.1 Å². The molecule has 0 saturated carbocycles. The second kappa shape index (κ2) is 9.63. The molecule has 2 nitrogen and oxygen atoms in total. The Balaban J connectivity index is 0.00000253. The molecule has 0 atom stereocenters. The highest BCUT2D eigenvalue weighted by Gasteiger charge is 2.26. The maximum atomic E-state index is 7.27. The van der Waals surface area contributed by atoms with Gasteiger partial charge in [0.25, 0.3) is 0 Å². The Morgan fingerprint density at radius 1 is 0.914 bits per heavy atom. The molecule has 0 aliphatic heterocycles. The third-order valence-electron chi connectivity index (χ3n) is 6.88. The van der Waals surface area contributed by atoms with Crippen LogP contribution in [-0.2, 0) is 12.8 Å². The van der Waals surface area contributed by atoms with Gasteiger partial charge in [-0.2, -0.15) is 0 Å². The molecule has 0 N–H and O–H groups in total. The van der Waals surface area contributed by atoms with Crippen molar-refractivity contribution in [3.63, 3.8) is 0 Å². The van der Waals surface area contributed by atoms with Gasteiger partial charge in [0.15, 0.2) is 0 Å². The topological polar surface area (TPSA) is 17.8 Å². The number of thiophene rings is 1. The van der Waals surface area contributed by atoms with Gasteiger partial charge in [0.1, 0.15) is 4.83 Å². The van der Waals surface area contributed by atoms with E-state index in [9.17, 15) is 0 Å². The van der Waals surface area contributed by atoms with Crippen LogP contribution in [0.5, 0.6) is 0 Å². The predicted molar refractivity (Wildman–Crippen MR) is 153 cm³/mol. The van der Waals surface area contributed by atoms with E-state index in [0.717, 1.165) is 67.2 Å². The fourth-order valence-corrected chi connectivity index (χ4v) is 7.06. The summed E-state index contributed by atoms with van der Waals surface area (Å²) >= 11 is 15.3. The molecule has 1 aliphatic rings. The molecule has 3 aromatic heterocycles. The van der Waals surface area contributed by atoms with Crippen LogP contribution in [-0.4, -0.2) is 9.55 Å². The Morgan fingerprint density at radius 2 is 1.63 bits per heavy atom. The standard InChI is InChI=1S/C29H24Cl2N2S.ClH/c1-17-16-23(18(2)33(17)21-14-12-20(30)13-15-21)28-27(31)25(19-8-4-3-5-9-19)26-22-10-6-7-11-24(22)34-29(26)32-28;/h3-5,8-9,12-16H,6-7,10-11H2,1-2H3;1H. The molecule has 5 aromatic rings. The molecule has 0 fully saturated rings. The molecule has 0 unspecified atom stereocenters. The summed E-state index contributed by atoms with van der Waals surface area (Å²) in [5.74, 6) is 0. The first-order valence-electron chi connectivity index (χ1n) is 11.7. The monoisotopic (exact) mass is 538 g/mol. The molecule has 3 heterocycles. The highest BCUT2D eigenvalue weighted by Crippen LogP contribution is 2.47. The molecular formula is C29H25Cl3N2S. The van der Waals surface area contributed by atoms with Crippen LogP contribution >= 0.6 is 46.9 Å². The third kappa shape index (κ3) is 4.09. The zero-order valence-electron chi connectivity index (χ0n) is 19.6. The van der Waals surface area contributed by atoms with Gasteiger partial charge >= 0.3 is 0 Å². The van der Waals surface area contributed by atoms with Gasteiger partial charge in [-0.1, -0.05) is 53.5 Å². The largest absolute Gasteiger partial charge is 0.318 e. The van der Waals surface area contributed by atoms with E-state index in [2.05, 4.69) is 54.8 Å². The molecule has 178 valence electrons. The first-order valence-corrected chi connectivity index (χ1v) is 13.2. The SMILES string of the molecule is Cc1cc(-c2nc3sc4c(c3c(-c3ccccc3)c2Cl)CCCC4)c(C)n1-c1ccc(Cl)cc1.Cl. The van der Waals surface area contributed by atoms with Crippen molar-refractivity contribution < 1.29 is 0 Å². The zero-order chi connectivity index (χ0) is 23.4. The first-order chi connectivity index (χ1) is 16.5. The summed E-state index contributed by atoms with van der Waals surface area (Å²) in [6.45, 7) is 4.26. The molecule has 0 radical (unpaired) electrons. The first kappa shape index (κ1) is 24.4. The second-order valence-corrected chi connectivity index (χ2v) is 10.9. The molecular weight excluding hydrogens is 515 g/mol. The summed E-state index contributed by atoms with van der Waals surface area (Å²) in [6, 6.07) is 20.7. The number of rotatable bonds is 3. The van der Waals surface area contributed by atoms with Gasteiger partial charge in [-0.25, -0.2) is 4.98 Å². The number of benzene rings is 2. The minimum Gasteiger partial charge on any atom is -0.318 e. The van der Waals surface area contributed by atoms with Crippen LogP contribution in [0, 0.1) is 13.8 Å². The lowest BCUT2D eigenvalue weighted by Crippen LogP contribution is -2.00. The Labute approximate surface area is 226 Å². The fourth-order valence-electron chi connectivity index (χ4n) is 5.31. The Bertz CT molecular complexity index is 1530. The van der Waals surface area contributed by atoms with Gasteiger partial charge in [0.2, 0.25) is 0 Å². The molecule has 6 heteroatoms. The molecule has 0 saturated heterocycles. The summed E-state index contributed by atoms with van der Waals surface area (Å²) in [5.41, 5.74) is 9.00. The van der Waals surface area contributed by atoms with Crippen molar-refractivity contribution in [1.82, 2.24) is 9.55 Å². The molecule has 0 amide bonds. The molecule has 0 spiro atoms. The van der Waals surface area contributed by atoms with Crippen LogP contribution < -0.4 is 0 Å². The van der Waals surface area contributed by atoms with E-state index in [1.54, 1.807) is 0 Å². The lowest BCUT2D eigenvalue weighted by molar-refractivity contribution is 0.700. The highest BCUT2D eigenvalue weighted by molar-refractivity contribution is 7.19. The summed E-state index contributed by atoms with van der Waals surface area (Å²) in [4.78, 5) is 7.79. The number of aryl methyl sites for hydroxylation is 3. The number of fused-ring (bicyclic) bond motifs is 3. The summed E-state index contributed by atoms with van der Waals surface area (Å²) in [7, 11) is 0. The van der Waals surface area contributed by atoms with Crippen LogP contribution in [0.25, 0.3) is 38.3 Å². The summed E-state index contributed by atoms with van der Waals surface area (Å²) < 4.78 is 2.25. The van der Waals surface area contributed by atoms with Crippen molar-refractivity contribution in [2.24, 2.45) is 0 Å². The van der Waals surface area contributed by atoms with E-state index in [-0.39, 0.29) is 12.4 Å². The van der Waals surface area contributed by atoms with Crippen LogP contribution in [0.3, 0.4) is 0 Å². The van der Waals surface area contributed by atoms with E-state index in [1.165, 1.54) is 28.7 Å². The number of hydrogen-bond donors (Lipinski definition) is 0.